The maximum Gasteiger partial charge on any atom is 0.260 e. The van der Waals surface area contributed by atoms with E-state index in [1.807, 2.05) is 35.9 Å². The van der Waals surface area contributed by atoms with E-state index in [1.165, 1.54) is 0 Å². The van der Waals surface area contributed by atoms with Crippen molar-refractivity contribution in [3.05, 3.63) is 63.1 Å². The van der Waals surface area contributed by atoms with Gasteiger partial charge in [0.1, 0.15) is 5.75 Å². The Morgan fingerprint density at radius 1 is 1.11 bits per heavy atom. The van der Waals surface area contributed by atoms with Crippen LogP contribution < -0.4 is 9.46 Å². The third kappa shape index (κ3) is 7.93. The lowest BCUT2D eigenvalue weighted by atomic mass is 10.1. The zero-order valence-corrected chi connectivity index (χ0v) is 23.0. The number of sulfonamides is 1. The molecule has 0 unspecified atom stereocenters. The number of ether oxygens (including phenoxy) is 1. The van der Waals surface area contributed by atoms with Crippen molar-refractivity contribution in [2.24, 2.45) is 0 Å². The number of hydrogen-bond acceptors (Lipinski definition) is 6. The number of halogens is 2. The molecule has 1 aliphatic heterocycles. The number of nitrogens with zero attached hydrogens (tertiary/aromatic N) is 2. The van der Waals surface area contributed by atoms with E-state index in [9.17, 15) is 18.0 Å². The number of carbonyl (C=O) groups excluding carboxylic acids is 2. The molecule has 1 fully saturated rings. The molecule has 1 aliphatic rings. The maximum atomic E-state index is 13.0. The standard InChI is InChI=1S/C24H29BrClN3O5S/c1-16-12-29(17(2)11-28(16)13-19-4-7-22(26)8-5-19)24(31)14-34-23-9-6-21(25)10-20(23)15-35(32,33)27-18(3)30/h4-10,16-17H,11-15H2,1-3H3,(H,27,30)/t16-,17+/m0/s1. The van der Waals surface area contributed by atoms with Crippen LogP contribution in [0.1, 0.15) is 31.9 Å². The fraction of sp³-hybridized carbons (Fsp3) is 0.417. The molecule has 190 valence electrons. The first-order valence-electron chi connectivity index (χ1n) is 11.1. The van der Waals surface area contributed by atoms with Gasteiger partial charge in [-0.3, -0.25) is 19.2 Å². The molecule has 0 spiro atoms. The minimum absolute atomic E-state index is 0.0147. The number of hydrogen-bond donors (Lipinski definition) is 1. The van der Waals surface area contributed by atoms with Crippen molar-refractivity contribution in [3.63, 3.8) is 0 Å². The molecule has 2 amide bonds. The van der Waals surface area contributed by atoms with Gasteiger partial charge in [0.2, 0.25) is 15.9 Å². The van der Waals surface area contributed by atoms with Crippen LogP contribution in [-0.4, -0.2) is 61.8 Å². The van der Waals surface area contributed by atoms with E-state index in [4.69, 9.17) is 16.3 Å². The highest BCUT2D eigenvalue weighted by Gasteiger charge is 2.32. The van der Waals surface area contributed by atoms with E-state index in [2.05, 4.69) is 27.8 Å². The average molecular weight is 587 g/mol. The molecular formula is C24H29BrClN3O5S. The zero-order valence-electron chi connectivity index (χ0n) is 19.8. The van der Waals surface area contributed by atoms with Crippen molar-refractivity contribution in [1.29, 1.82) is 0 Å². The molecule has 0 aliphatic carbocycles. The molecule has 2 aromatic rings. The summed E-state index contributed by atoms with van der Waals surface area (Å²) in [6.45, 7) is 7.04. The first kappa shape index (κ1) is 27.4. The molecule has 3 rings (SSSR count). The smallest absolute Gasteiger partial charge is 0.260 e. The SMILES string of the molecule is CC(=O)NS(=O)(=O)Cc1cc(Br)ccc1OCC(=O)N1C[C@H](C)N(Cc2ccc(Cl)cc2)C[C@H]1C. The molecule has 2 atom stereocenters. The van der Waals surface area contributed by atoms with Crippen LogP contribution in [0.2, 0.25) is 5.02 Å². The molecule has 0 radical (unpaired) electrons. The number of piperazine rings is 1. The van der Waals surface area contributed by atoms with Gasteiger partial charge in [-0.05, 0) is 49.7 Å². The number of carbonyl (C=O) groups is 2. The second-order valence-electron chi connectivity index (χ2n) is 8.76. The topological polar surface area (TPSA) is 96.0 Å². The molecular weight excluding hydrogens is 558 g/mol. The van der Waals surface area contributed by atoms with E-state index in [-0.39, 0.29) is 30.3 Å². The van der Waals surface area contributed by atoms with Gasteiger partial charge in [0.15, 0.2) is 6.61 Å². The fourth-order valence-corrected chi connectivity index (χ4v) is 5.75. The van der Waals surface area contributed by atoms with E-state index in [1.54, 1.807) is 23.1 Å². The lowest BCUT2D eigenvalue weighted by molar-refractivity contribution is -0.139. The second-order valence-corrected chi connectivity index (χ2v) is 11.8. The van der Waals surface area contributed by atoms with Crippen molar-refractivity contribution >= 4 is 49.4 Å². The highest BCUT2D eigenvalue weighted by atomic mass is 79.9. The summed E-state index contributed by atoms with van der Waals surface area (Å²) < 4.78 is 32.8. The summed E-state index contributed by atoms with van der Waals surface area (Å²) in [6, 6.07) is 12.8. The summed E-state index contributed by atoms with van der Waals surface area (Å²) >= 11 is 9.31. The number of nitrogens with one attached hydrogen (secondary N) is 1. The summed E-state index contributed by atoms with van der Waals surface area (Å²) in [4.78, 5) is 28.4. The van der Waals surface area contributed by atoms with E-state index < -0.39 is 21.7 Å². The van der Waals surface area contributed by atoms with Gasteiger partial charge >= 0.3 is 0 Å². The lowest BCUT2D eigenvalue weighted by Gasteiger charge is -2.44. The second kappa shape index (κ2) is 11.7. The van der Waals surface area contributed by atoms with Crippen LogP contribution >= 0.6 is 27.5 Å². The Kier molecular flexibility index (Phi) is 9.20. The van der Waals surface area contributed by atoms with Gasteiger partial charge in [-0.15, -0.1) is 0 Å². The summed E-state index contributed by atoms with van der Waals surface area (Å²) in [5.74, 6) is -1.02. The number of amides is 2. The predicted molar refractivity (Wildman–Crippen MR) is 139 cm³/mol. The number of rotatable bonds is 8. The maximum absolute atomic E-state index is 13.0. The summed E-state index contributed by atoms with van der Waals surface area (Å²) in [7, 11) is -3.89. The largest absolute Gasteiger partial charge is 0.483 e. The molecule has 0 bridgehead atoms. The molecule has 2 aromatic carbocycles. The van der Waals surface area contributed by atoms with Gasteiger partial charge in [-0.1, -0.05) is 39.7 Å². The summed E-state index contributed by atoms with van der Waals surface area (Å²) in [5.41, 5.74) is 1.50. The van der Waals surface area contributed by atoms with Crippen molar-refractivity contribution in [2.45, 2.75) is 45.2 Å². The van der Waals surface area contributed by atoms with E-state index in [0.29, 0.717) is 28.1 Å². The van der Waals surface area contributed by atoms with Gasteiger partial charge in [0.05, 0.1) is 5.75 Å². The lowest BCUT2D eigenvalue weighted by Crippen LogP contribution is -2.58. The highest BCUT2D eigenvalue weighted by molar-refractivity contribution is 9.10. The molecule has 0 saturated carbocycles. The molecule has 1 saturated heterocycles. The van der Waals surface area contributed by atoms with Crippen LogP contribution in [0.25, 0.3) is 0 Å². The Bertz CT molecular complexity index is 1180. The van der Waals surface area contributed by atoms with Crippen LogP contribution in [0.15, 0.2) is 46.9 Å². The molecule has 8 nitrogen and oxygen atoms in total. The third-order valence-corrected chi connectivity index (χ3v) is 7.79. The van der Waals surface area contributed by atoms with Gasteiger partial charge in [0, 0.05) is 53.7 Å². The van der Waals surface area contributed by atoms with Crippen LogP contribution in [-0.2, 0) is 31.9 Å². The monoisotopic (exact) mass is 585 g/mol. The van der Waals surface area contributed by atoms with Crippen molar-refractivity contribution in [3.8, 4) is 5.75 Å². The Balaban J connectivity index is 1.62. The molecule has 0 aromatic heterocycles. The molecule has 1 N–H and O–H groups in total. The predicted octanol–water partition coefficient (Wildman–Crippen LogP) is 3.57. The number of benzene rings is 2. The van der Waals surface area contributed by atoms with Crippen LogP contribution in [0.5, 0.6) is 5.75 Å². The average Bonchev–Trinajstić information content (AvgIpc) is 2.75. The van der Waals surface area contributed by atoms with Crippen molar-refractivity contribution in [2.75, 3.05) is 19.7 Å². The molecule has 35 heavy (non-hydrogen) atoms. The van der Waals surface area contributed by atoms with Gasteiger partial charge in [-0.2, -0.15) is 0 Å². The first-order valence-corrected chi connectivity index (χ1v) is 14.0. The quantitative estimate of drug-likeness (QED) is 0.508. The molecule has 11 heteroatoms. The van der Waals surface area contributed by atoms with Crippen LogP contribution in [0, 0.1) is 0 Å². The van der Waals surface area contributed by atoms with Crippen LogP contribution in [0.3, 0.4) is 0 Å². The van der Waals surface area contributed by atoms with Crippen molar-refractivity contribution in [1.82, 2.24) is 14.5 Å². The highest BCUT2D eigenvalue weighted by Crippen LogP contribution is 2.26. The Morgan fingerprint density at radius 3 is 2.46 bits per heavy atom. The summed E-state index contributed by atoms with van der Waals surface area (Å²) in [6.07, 6.45) is 0. The minimum Gasteiger partial charge on any atom is -0.483 e. The van der Waals surface area contributed by atoms with E-state index in [0.717, 1.165) is 19.0 Å². The first-order chi connectivity index (χ1) is 16.4. The normalized spacial score (nSPS) is 18.8. The van der Waals surface area contributed by atoms with E-state index >= 15 is 0 Å². The Morgan fingerprint density at radius 2 is 1.80 bits per heavy atom. The van der Waals surface area contributed by atoms with Gasteiger partial charge < -0.3 is 9.64 Å². The Labute approximate surface area is 219 Å². The third-order valence-electron chi connectivity index (χ3n) is 5.75. The Hall–Kier alpha value is -2.14. The zero-order chi connectivity index (χ0) is 25.8. The fourth-order valence-electron chi connectivity index (χ4n) is 4.07. The minimum atomic E-state index is -3.89. The van der Waals surface area contributed by atoms with Gasteiger partial charge in [-0.25, -0.2) is 8.42 Å². The van der Waals surface area contributed by atoms with Crippen molar-refractivity contribution < 1.29 is 22.7 Å². The van der Waals surface area contributed by atoms with Crippen LogP contribution in [0.4, 0.5) is 0 Å². The molecule has 1 heterocycles. The summed E-state index contributed by atoms with van der Waals surface area (Å²) in [5, 5.41) is 0.701. The van der Waals surface area contributed by atoms with Gasteiger partial charge in [0.25, 0.3) is 5.91 Å².